The zero-order valence-electron chi connectivity index (χ0n) is 25.9. The summed E-state index contributed by atoms with van der Waals surface area (Å²) in [6, 6.07) is 8.78. The van der Waals surface area contributed by atoms with Crippen molar-refractivity contribution in [3.63, 3.8) is 0 Å². The van der Waals surface area contributed by atoms with Gasteiger partial charge in [-0.3, -0.25) is 19.7 Å². The number of nitrogens with one attached hydrogen (secondary N) is 4. The average Bonchev–Trinajstić information content (AvgIpc) is 2.94. The molecule has 0 aromatic heterocycles. The molecular formula is C32H46FN5O5. The van der Waals surface area contributed by atoms with Crippen molar-refractivity contribution in [1.82, 2.24) is 26.2 Å². The fourth-order valence-corrected chi connectivity index (χ4v) is 5.02. The molecule has 2 aromatic rings. The van der Waals surface area contributed by atoms with E-state index in [1.54, 1.807) is 6.07 Å². The van der Waals surface area contributed by atoms with Crippen molar-refractivity contribution in [3.8, 4) is 11.5 Å². The predicted molar refractivity (Wildman–Crippen MR) is 163 cm³/mol. The molecule has 0 aliphatic carbocycles. The lowest BCUT2D eigenvalue weighted by Gasteiger charge is -2.29. The molecule has 1 aliphatic rings. The van der Waals surface area contributed by atoms with Gasteiger partial charge in [-0.15, -0.1) is 0 Å². The highest BCUT2D eigenvalue weighted by molar-refractivity contribution is 5.93. The maximum Gasteiger partial charge on any atom is 0.243 e. The van der Waals surface area contributed by atoms with Crippen LogP contribution in [-0.4, -0.2) is 85.7 Å². The highest BCUT2D eigenvalue weighted by Crippen LogP contribution is 2.22. The quantitative estimate of drug-likeness (QED) is 0.355. The number of carbonyl (C=O) groups excluding carboxylic acids is 3. The number of phenols is 1. The highest BCUT2D eigenvalue weighted by Gasteiger charge is 2.32. The zero-order valence-corrected chi connectivity index (χ0v) is 25.9. The van der Waals surface area contributed by atoms with E-state index in [0.29, 0.717) is 18.5 Å². The van der Waals surface area contributed by atoms with E-state index in [2.05, 4.69) is 21.3 Å². The largest absolute Gasteiger partial charge is 0.505 e. The van der Waals surface area contributed by atoms with Crippen molar-refractivity contribution in [2.24, 2.45) is 11.8 Å². The van der Waals surface area contributed by atoms with E-state index in [1.807, 2.05) is 71.0 Å². The molecule has 43 heavy (non-hydrogen) atoms. The first-order chi connectivity index (χ1) is 20.3. The van der Waals surface area contributed by atoms with E-state index in [1.165, 1.54) is 12.1 Å². The van der Waals surface area contributed by atoms with Crippen molar-refractivity contribution in [2.45, 2.75) is 64.7 Å². The molecule has 2 aromatic carbocycles. The van der Waals surface area contributed by atoms with Gasteiger partial charge in [0.1, 0.15) is 24.4 Å². The van der Waals surface area contributed by atoms with E-state index < -0.39 is 41.5 Å². The van der Waals surface area contributed by atoms with Gasteiger partial charge in [0, 0.05) is 19.1 Å². The molecular weight excluding hydrogens is 553 g/mol. The summed E-state index contributed by atoms with van der Waals surface area (Å²) in [5.74, 6) is -1.99. The number of hydrogen-bond donors (Lipinski definition) is 5. The van der Waals surface area contributed by atoms with Gasteiger partial charge in [-0.2, -0.15) is 0 Å². The average molecular weight is 600 g/mol. The van der Waals surface area contributed by atoms with Crippen LogP contribution in [0.2, 0.25) is 0 Å². The number of hydrogen-bond acceptors (Lipinski definition) is 7. The van der Waals surface area contributed by atoms with Gasteiger partial charge in [-0.1, -0.05) is 45.0 Å². The summed E-state index contributed by atoms with van der Waals surface area (Å²) in [7, 11) is 3.63. The van der Waals surface area contributed by atoms with E-state index in [9.17, 15) is 23.9 Å². The second-order valence-electron chi connectivity index (χ2n) is 12.1. The first-order valence-electron chi connectivity index (χ1n) is 14.8. The number of para-hydroxylation sites is 1. The Morgan fingerprint density at radius 2 is 1.72 bits per heavy atom. The SMILES string of the molecule is CC(C)[C@H]1NC(=O)[C@@H](Cc2ccc(O)c(F)c2)N[C@@H](C)COc2ccccc2C[C@H](C)CNC(=O)[C@H](CN(C)C)NC1=O. The van der Waals surface area contributed by atoms with Crippen LogP contribution in [-0.2, 0) is 27.2 Å². The molecule has 0 spiro atoms. The Bertz CT molecular complexity index is 1260. The number of fused-ring (bicyclic) bond motifs is 1. The Morgan fingerprint density at radius 3 is 2.40 bits per heavy atom. The highest BCUT2D eigenvalue weighted by atomic mass is 19.1. The van der Waals surface area contributed by atoms with Crippen LogP contribution in [0, 0.1) is 17.7 Å². The number of carbonyl (C=O) groups is 3. The van der Waals surface area contributed by atoms with Crippen LogP contribution in [0.25, 0.3) is 0 Å². The minimum absolute atomic E-state index is 0.0941. The summed E-state index contributed by atoms with van der Waals surface area (Å²) in [4.78, 5) is 42.3. The third-order valence-corrected chi connectivity index (χ3v) is 7.34. The number of nitrogens with zero attached hydrogens (tertiary/aromatic N) is 1. The fraction of sp³-hybridized carbons (Fsp3) is 0.531. The third kappa shape index (κ3) is 10.2. The van der Waals surface area contributed by atoms with Crippen molar-refractivity contribution in [2.75, 3.05) is 33.8 Å². The summed E-state index contributed by atoms with van der Waals surface area (Å²) < 4.78 is 20.3. The van der Waals surface area contributed by atoms with E-state index in [4.69, 9.17) is 4.74 Å². The maximum atomic E-state index is 14.2. The summed E-state index contributed by atoms with van der Waals surface area (Å²) >= 11 is 0. The molecule has 11 heteroatoms. The van der Waals surface area contributed by atoms with Gasteiger partial charge in [0.2, 0.25) is 17.7 Å². The number of aromatic hydroxyl groups is 1. The summed E-state index contributed by atoms with van der Waals surface area (Å²) in [6.07, 6.45) is 0.759. The second-order valence-corrected chi connectivity index (χ2v) is 12.1. The summed E-state index contributed by atoms with van der Waals surface area (Å²) in [6.45, 7) is 8.48. The molecule has 0 saturated carbocycles. The number of halogens is 1. The van der Waals surface area contributed by atoms with Gasteiger partial charge in [-0.05, 0) is 75.0 Å². The molecule has 236 valence electrons. The van der Waals surface area contributed by atoms with Gasteiger partial charge >= 0.3 is 0 Å². The Kier molecular flexibility index (Phi) is 12.3. The van der Waals surface area contributed by atoms with Crippen LogP contribution in [0.15, 0.2) is 42.5 Å². The topological polar surface area (TPSA) is 132 Å². The maximum absolute atomic E-state index is 14.2. The van der Waals surface area contributed by atoms with Gasteiger partial charge in [0.25, 0.3) is 0 Å². The number of rotatable bonds is 5. The van der Waals surface area contributed by atoms with E-state index in [-0.39, 0.29) is 43.4 Å². The molecule has 3 rings (SSSR count). The van der Waals surface area contributed by atoms with Gasteiger partial charge in [0.15, 0.2) is 11.6 Å². The molecule has 1 aliphatic heterocycles. The number of ether oxygens (including phenoxy) is 1. The lowest BCUT2D eigenvalue weighted by Crippen LogP contribution is -2.60. The molecule has 5 atom stereocenters. The molecule has 1 heterocycles. The lowest BCUT2D eigenvalue weighted by atomic mass is 9.99. The molecule has 3 amide bonds. The smallest absolute Gasteiger partial charge is 0.243 e. The van der Waals surface area contributed by atoms with Gasteiger partial charge < -0.3 is 30.7 Å². The fourth-order valence-electron chi connectivity index (χ4n) is 5.02. The molecule has 0 radical (unpaired) electrons. The second kappa shape index (κ2) is 15.7. The minimum atomic E-state index is -0.929. The standard InChI is InChI=1S/C32H46FN5O5/c1-19(2)29-32(42)36-26(17-38(5)6)30(40)34-16-20(3)13-23-9-7-8-10-28(23)43-18-21(4)35-25(31(41)37-29)15-22-11-12-27(39)24(33)14-22/h7-12,14,19-21,25-26,29,35,39H,13,15-18H2,1-6H3,(H,34,40)(H,36,42)(H,37,41)/t20-,21-,25+,26-,29+/m0/s1. The minimum Gasteiger partial charge on any atom is -0.505 e. The van der Waals surface area contributed by atoms with Crippen LogP contribution >= 0.6 is 0 Å². The number of likely N-dealkylation sites (N-methyl/N-ethyl adjacent to an activating group) is 1. The molecule has 0 fully saturated rings. The van der Waals surface area contributed by atoms with E-state index in [0.717, 1.165) is 11.3 Å². The number of benzene rings is 2. The number of phenolic OH excluding ortho intramolecular Hbond substituents is 1. The van der Waals surface area contributed by atoms with Gasteiger partial charge in [-0.25, -0.2) is 4.39 Å². The Hall–Kier alpha value is -3.70. The zero-order chi connectivity index (χ0) is 31.7. The van der Waals surface area contributed by atoms with Crippen LogP contribution < -0.4 is 26.0 Å². The Labute approximate surface area is 253 Å². The molecule has 5 N–H and O–H groups in total. The van der Waals surface area contributed by atoms with Crippen molar-refractivity contribution in [1.29, 1.82) is 0 Å². The van der Waals surface area contributed by atoms with Crippen LogP contribution in [0.5, 0.6) is 11.5 Å². The van der Waals surface area contributed by atoms with Crippen LogP contribution in [0.1, 0.15) is 38.8 Å². The van der Waals surface area contributed by atoms with Crippen LogP contribution in [0.4, 0.5) is 4.39 Å². The normalized spacial score (nSPS) is 24.7. The Balaban J connectivity index is 1.95. The first kappa shape index (κ1) is 33.8. The summed E-state index contributed by atoms with van der Waals surface area (Å²) in [5.41, 5.74) is 1.48. The van der Waals surface area contributed by atoms with Crippen molar-refractivity contribution >= 4 is 17.7 Å². The van der Waals surface area contributed by atoms with Crippen molar-refractivity contribution in [3.05, 3.63) is 59.4 Å². The van der Waals surface area contributed by atoms with Gasteiger partial charge in [0.05, 0.1) is 6.04 Å². The molecule has 0 unspecified atom stereocenters. The summed E-state index contributed by atoms with van der Waals surface area (Å²) in [5, 5.41) is 21.6. The Morgan fingerprint density at radius 1 is 1.00 bits per heavy atom. The van der Waals surface area contributed by atoms with Crippen molar-refractivity contribution < 1.29 is 28.6 Å². The monoisotopic (exact) mass is 599 g/mol. The third-order valence-electron chi connectivity index (χ3n) is 7.34. The molecule has 10 nitrogen and oxygen atoms in total. The lowest BCUT2D eigenvalue weighted by molar-refractivity contribution is -0.133. The first-order valence-corrected chi connectivity index (χ1v) is 14.8. The number of amides is 3. The molecule has 0 saturated heterocycles. The van der Waals surface area contributed by atoms with Crippen LogP contribution in [0.3, 0.4) is 0 Å². The predicted octanol–water partition coefficient (Wildman–Crippen LogP) is 2.00. The molecule has 0 bridgehead atoms. The van der Waals surface area contributed by atoms with E-state index >= 15 is 0 Å².